The first-order chi connectivity index (χ1) is 13.9. The van der Waals surface area contributed by atoms with Gasteiger partial charge in [-0.3, -0.25) is 4.99 Å². The number of halogens is 1. The second kappa shape index (κ2) is 14.1. The third-order valence-corrected chi connectivity index (χ3v) is 5.22. The molecule has 2 aliphatic heterocycles. The second-order valence-corrected chi connectivity index (χ2v) is 7.50. The lowest BCUT2D eigenvalue weighted by Gasteiger charge is -2.12. The van der Waals surface area contributed by atoms with Crippen LogP contribution in [0.1, 0.15) is 57.1 Å². The van der Waals surface area contributed by atoms with E-state index in [1.54, 1.807) is 0 Å². The first-order valence-corrected chi connectivity index (χ1v) is 11.0. The molecule has 2 N–H and O–H groups in total. The summed E-state index contributed by atoms with van der Waals surface area (Å²) >= 11 is 0. The monoisotopic (exact) mass is 520 g/mol. The van der Waals surface area contributed by atoms with Gasteiger partial charge in [-0.15, -0.1) is 34.2 Å². The molecule has 0 spiro atoms. The summed E-state index contributed by atoms with van der Waals surface area (Å²) in [6.45, 7) is 7.87. The Hall–Kier alpha value is -0.940. The van der Waals surface area contributed by atoms with E-state index in [1.165, 1.54) is 19.3 Å². The maximum absolute atomic E-state index is 5.70. The zero-order valence-electron chi connectivity index (χ0n) is 17.7. The SMILES string of the molecule is CCNC(=NCCCOCC1CCCO1)NCCc1nnc2n1CCCCC2.I. The van der Waals surface area contributed by atoms with E-state index in [1.807, 2.05) is 0 Å². The van der Waals surface area contributed by atoms with Crippen molar-refractivity contribution in [1.82, 2.24) is 25.4 Å². The Morgan fingerprint density at radius 2 is 2.17 bits per heavy atom. The summed E-state index contributed by atoms with van der Waals surface area (Å²) in [6.07, 6.45) is 9.16. The fraction of sp³-hybridized carbons (Fsp3) is 0.850. The van der Waals surface area contributed by atoms with Crippen molar-refractivity contribution in [2.75, 3.05) is 39.5 Å². The summed E-state index contributed by atoms with van der Waals surface area (Å²) in [6, 6.07) is 0. The van der Waals surface area contributed by atoms with Crippen molar-refractivity contribution in [3.63, 3.8) is 0 Å². The number of fused-ring (bicyclic) bond motifs is 1. The highest BCUT2D eigenvalue weighted by Gasteiger charge is 2.15. The van der Waals surface area contributed by atoms with Crippen LogP contribution in [0.25, 0.3) is 0 Å². The van der Waals surface area contributed by atoms with Crippen molar-refractivity contribution >= 4 is 29.9 Å². The third-order valence-electron chi connectivity index (χ3n) is 5.22. The average molecular weight is 520 g/mol. The first kappa shape index (κ1) is 24.3. The Morgan fingerprint density at radius 3 is 3.00 bits per heavy atom. The van der Waals surface area contributed by atoms with Crippen molar-refractivity contribution < 1.29 is 9.47 Å². The number of hydrogen-bond donors (Lipinski definition) is 2. The molecule has 3 heterocycles. The molecule has 0 amide bonds. The topological polar surface area (TPSA) is 85.6 Å². The van der Waals surface area contributed by atoms with Crippen LogP contribution < -0.4 is 10.6 Å². The van der Waals surface area contributed by atoms with Gasteiger partial charge in [-0.05, 0) is 39.0 Å². The van der Waals surface area contributed by atoms with Crippen LogP contribution in [-0.2, 0) is 28.9 Å². The Morgan fingerprint density at radius 1 is 1.24 bits per heavy atom. The number of guanidine groups is 1. The van der Waals surface area contributed by atoms with Gasteiger partial charge in [0.2, 0.25) is 0 Å². The predicted molar refractivity (Wildman–Crippen MR) is 125 cm³/mol. The fourth-order valence-electron chi connectivity index (χ4n) is 3.71. The van der Waals surface area contributed by atoms with Crippen molar-refractivity contribution in [2.24, 2.45) is 4.99 Å². The van der Waals surface area contributed by atoms with Crippen molar-refractivity contribution in [2.45, 2.75) is 70.9 Å². The minimum Gasteiger partial charge on any atom is -0.379 e. The quantitative estimate of drug-likeness (QED) is 0.213. The van der Waals surface area contributed by atoms with Crippen LogP contribution in [0.3, 0.4) is 0 Å². The number of nitrogens with zero attached hydrogens (tertiary/aromatic N) is 4. The van der Waals surface area contributed by atoms with Gasteiger partial charge >= 0.3 is 0 Å². The highest BCUT2D eigenvalue weighted by molar-refractivity contribution is 14.0. The molecule has 1 atom stereocenters. The van der Waals surface area contributed by atoms with Crippen molar-refractivity contribution in [3.05, 3.63) is 11.6 Å². The smallest absolute Gasteiger partial charge is 0.191 e. The molecule has 1 unspecified atom stereocenters. The zero-order chi connectivity index (χ0) is 19.4. The molecule has 2 aliphatic rings. The van der Waals surface area contributed by atoms with Crippen LogP contribution in [0.5, 0.6) is 0 Å². The van der Waals surface area contributed by atoms with E-state index in [0.29, 0.717) is 12.7 Å². The largest absolute Gasteiger partial charge is 0.379 e. The number of rotatable bonds is 10. The lowest BCUT2D eigenvalue weighted by molar-refractivity contribution is 0.0171. The van der Waals surface area contributed by atoms with Crippen LogP contribution in [-0.4, -0.2) is 66.3 Å². The number of aromatic nitrogens is 3. The molecule has 1 aromatic rings. The van der Waals surface area contributed by atoms with Gasteiger partial charge < -0.3 is 24.7 Å². The Labute approximate surface area is 191 Å². The van der Waals surface area contributed by atoms with Gasteiger partial charge in [0.05, 0.1) is 12.7 Å². The summed E-state index contributed by atoms with van der Waals surface area (Å²) in [5, 5.41) is 15.5. The minimum atomic E-state index is 0. The van der Waals surface area contributed by atoms with Gasteiger partial charge in [-0.1, -0.05) is 6.42 Å². The molecule has 0 aliphatic carbocycles. The molecule has 29 heavy (non-hydrogen) atoms. The maximum atomic E-state index is 5.70. The molecule has 1 saturated heterocycles. The van der Waals surface area contributed by atoms with E-state index in [-0.39, 0.29) is 24.0 Å². The molecule has 1 aromatic heterocycles. The molecule has 3 rings (SSSR count). The number of aliphatic imine (C=N–C) groups is 1. The van der Waals surface area contributed by atoms with Gasteiger partial charge in [-0.2, -0.15) is 0 Å². The number of ether oxygens (including phenoxy) is 2. The highest BCUT2D eigenvalue weighted by atomic mass is 127. The number of hydrogen-bond acceptors (Lipinski definition) is 5. The van der Waals surface area contributed by atoms with Crippen molar-refractivity contribution in [1.29, 1.82) is 0 Å². The summed E-state index contributed by atoms with van der Waals surface area (Å²) in [5.41, 5.74) is 0. The first-order valence-electron chi connectivity index (χ1n) is 11.0. The Bertz CT molecular complexity index is 604. The minimum absolute atomic E-state index is 0. The molecule has 1 fully saturated rings. The third kappa shape index (κ3) is 8.37. The summed E-state index contributed by atoms with van der Waals surface area (Å²) < 4.78 is 13.6. The van der Waals surface area contributed by atoms with E-state index in [4.69, 9.17) is 9.47 Å². The molecule has 0 bridgehead atoms. The molecule has 166 valence electrons. The Kier molecular flexibility index (Phi) is 11.9. The molecule has 0 aromatic carbocycles. The van der Waals surface area contributed by atoms with Gasteiger partial charge in [0.25, 0.3) is 0 Å². The molecule has 8 nitrogen and oxygen atoms in total. The number of aryl methyl sites for hydroxylation is 1. The van der Waals surface area contributed by atoms with Gasteiger partial charge in [0, 0.05) is 52.2 Å². The average Bonchev–Trinajstić information content (AvgIpc) is 3.29. The predicted octanol–water partition coefficient (Wildman–Crippen LogP) is 2.31. The van der Waals surface area contributed by atoms with Gasteiger partial charge in [0.1, 0.15) is 11.6 Å². The van der Waals surface area contributed by atoms with Crippen molar-refractivity contribution in [3.8, 4) is 0 Å². The highest BCUT2D eigenvalue weighted by Crippen LogP contribution is 2.14. The Balaban J connectivity index is 0.00000300. The summed E-state index contributed by atoms with van der Waals surface area (Å²) in [5.74, 6) is 3.09. The lowest BCUT2D eigenvalue weighted by Crippen LogP contribution is -2.38. The number of nitrogens with one attached hydrogen (secondary N) is 2. The van der Waals surface area contributed by atoms with Crippen LogP contribution in [0.15, 0.2) is 4.99 Å². The van der Waals surface area contributed by atoms with E-state index in [9.17, 15) is 0 Å². The van der Waals surface area contributed by atoms with E-state index in [0.717, 1.165) is 89.1 Å². The van der Waals surface area contributed by atoms with E-state index in [2.05, 4.69) is 37.3 Å². The standard InChI is InChI=1S/C20H36N6O2.HI/c1-2-21-20(22-11-7-14-27-16-17-8-6-15-28-17)23-12-10-19-25-24-18-9-4-3-5-13-26(18)19;/h17H,2-16H2,1H3,(H2,21,22,23);1H. The van der Waals surface area contributed by atoms with Crippen LogP contribution in [0, 0.1) is 0 Å². The fourth-order valence-corrected chi connectivity index (χ4v) is 3.71. The van der Waals surface area contributed by atoms with Crippen LogP contribution in [0.2, 0.25) is 0 Å². The molecule has 9 heteroatoms. The van der Waals surface area contributed by atoms with E-state index < -0.39 is 0 Å². The molecule has 0 saturated carbocycles. The zero-order valence-corrected chi connectivity index (χ0v) is 20.0. The maximum Gasteiger partial charge on any atom is 0.191 e. The van der Waals surface area contributed by atoms with Crippen LogP contribution in [0.4, 0.5) is 0 Å². The van der Waals surface area contributed by atoms with Gasteiger partial charge in [-0.25, -0.2) is 0 Å². The summed E-state index contributed by atoms with van der Waals surface area (Å²) in [4.78, 5) is 4.64. The molecule has 0 radical (unpaired) electrons. The lowest BCUT2D eigenvalue weighted by atomic mass is 10.2. The normalized spacial score (nSPS) is 19.3. The summed E-state index contributed by atoms with van der Waals surface area (Å²) in [7, 11) is 0. The molecular weight excluding hydrogens is 483 g/mol. The van der Waals surface area contributed by atoms with Gasteiger partial charge in [0.15, 0.2) is 5.96 Å². The van der Waals surface area contributed by atoms with Crippen LogP contribution >= 0.6 is 24.0 Å². The molecular formula is C20H37IN6O2. The second-order valence-electron chi connectivity index (χ2n) is 7.50. The van der Waals surface area contributed by atoms with E-state index >= 15 is 0 Å².